The summed E-state index contributed by atoms with van der Waals surface area (Å²) in [6, 6.07) is 6.53. The molecule has 0 aliphatic heterocycles. The first-order valence-electron chi connectivity index (χ1n) is 5.17. The molecule has 0 aliphatic carbocycles. The summed E-state index contributed by atoms with van der Waals surface area (Å²) in [5.74, 6) is 0.625. The third kappa shape index (κ3) is 2.16. The van der Waals surface area contributed by atoms with Crippen molar-refractivity contribution in [2.45, 2.75) is 26.2 Å². The van der Waals surface area contributed by atoms with E-state index in [1.54, 1.807) is 0 Å². The normalized spacial score (nSPS) is 12.2. The lowest BCUT2D eigenvalue weighted by molar-refractivity contribution is 0.733. The molecular formula is C13H19N. The van der Waals surface area contributed by atoms with Crippen molar-refractivity contribution in [2.75, 3.05) is 12.4 Å². The fourth-order valence-corrected chi connectivity index (χ4v) is 1.52. The Labute approximate surface area is 86.8 Å². The van der Waals surface area contributed by atoms with Gasteiger partial charge in [-0.1, -0.05) is 32.6 Å². The maximum absolute atomic E-state index is 3.83. The van der Waals surface area contributed by atoms with Crippen LogP contribution in [0.3, 0.4) is 0 Å². The second kappa shape index (κ2) is 4.85. The Hall–Kier alpha value is -1.24. The molecule has 0 heterocycles. The minimum absolute atomic E-state index is 0.625. The van der Waals surface area contributed by atoms with E-state index in [2.05, 4.69) is 43.9 Å². The number of hydrogen-bond donors (Lipinski definition) is 1. The lowest BCUT2D eigenvalue weighted by Crippen LogP contribution is -1.96. The van der Waals surface area contributed by atoms with Gasteiger partial charge in [-0.25, -0.2) is 0 Å². The standard InChI is InChI=1S/C13H19N/c1-5-10(3)12-7-8-13(14-4)11(6-2)9-12/h6-10,14H,2,5H2,1,3-4H3. The Kier molecular flexibility index (Phi) is 3.75. The molecule has 1 aromatic rings. The zero-order chi connectivity index (χ0) is 10.6. The molecule has 0 aliphatic rings. The van der Waals surface area contributed by atoms with E-state index in [1.807, 2.05) is 13.1 Å². The van der Waals surface area contributed by atoms with Crippen LogP contribution in [0.2, 0.25) is 0 Å². The third-order valence-corrected chi connectivity index (χ3v) is 2.75. The van der Waals surface area contributed by atoms with E-state index in [9.17, 15) is 0 Å². The Morgan fingerprint density at radius 1 is 1.50 bits per heavy atom. The molecule has 0 saturated heterocycles. The number of nitrogens with one attached hydrogen (secondary N) is 1. The monoisotopic (exact) mass is 189 g/mol. The van der Waals surface area contributed by atoms with Crippen LogP contribution in [0.5, 0.6) is 0 Å². The van der Waals surface area contributed by atoms with Crippen LogP contribution in [0.1, 0.15) is 37.3 Å². The molecule has 14 heavy (non-hydrogen) atoms. The summed E-state index contributed by atoms with van der Waals surface area (Å²) in [6.07, 6.45) is 3.08. The number of benzene rings is 1. The van der Waals surface area contributed by atoms with Crippen molar-refractivity contribution in [2.24, 2.45) is 0 Å². The summed E-state index contributed by atoms with van der Waals surface area (Å²) in [5, 5.41) is 3.16. The molecule has 1 nitrogen and oxygen atoms in total. The van der Waals surface area contributed by atoms with E-state index in [1.165, 1.54) is 17.5 Å². The van der Waals surface area contributed by atoms with Gasteiger partial charge in [-0.15, -0.1) is 0 Å². The molecule has 0 fully saturated rings. The van der Waals surface area contributed by atoms with E-state index in [4.69, 9.17) is 0 Å². The second-order valence-electron chi connectivity index (χ2n) is 3.61. The van der Waals surface area contributed by atoms with Crippen molar-refractivity contribution in [3.05, 3.63) is 35.9 Å². The fraction of sp³-hybridized carbons (Fsp3) is 0.385. The molecule has 1 N–H and O–H groups in total. The topological polar surface area (TPSA) is 12.0 Å². The molecule has 1 unspecified atom stereocenters. The van der Waals surface area contributed by atoms with Crippen LogP contribution >= 0.6 is 0 Å². The zero-order valence-corrected chi connectivity index (χ0v) is 9.30. The van der Waals surface area contributed by atoms with Crippen molar-refractivity contribution in [3.63, 3.8) is 0 Å². The lowest BCUT2D eigenvalue weighted by atomic mass is 9.96. The van der Waals surface area contributed by atoms with Gasteiger partial charge < -0.3 is 5.32 Å². The highest BCUT2D eigenvalue weighted by Crippen LogP contribution is 2.24. The van der Waals surface area contributed by atoms with Crippen LogP contribution in [0.15, 0.2) is 24.8 Å². The highest BCUT2D eigenvalue weighted by molar-refractivity contribution is 5.66. The maximum Gasteiger partial charge on any atom is 0.0411 e. The van der Waals surface area contributed by atoms with Crippen molar-refractivity contribution < 1.29 is 0 Å². The quantitative estimate of drug-likeness (QED) is 0.757. The lowest BCUT2D eigenvalue weighted by Gasteiger charge is -2.12. The Bertz CT molecular complexity index is 315. The van der Waals surface area contributed by atoms with Crippen LogP contribution in [-0.4, -0.2) is 7.05 Å². The molecule has 0 spiro atoms. The van der Waals surface area contributed by atoms with Gasteiger partial charge in [-0.2, -0.15) is 0 Å². The van der Waals surface area contributed by atoms with Gasteiger partial charge in [0.05, 0.1) is 0 Å². The van der Waals surface area contributed by atoms with E-state index in [-0.39, 0.29) is 0 Å². The summed E-state index contributed by atoms with van der Waals surface area (Å²) >= 11 is 0. The van der Waals surface area contributed by atoms with Crippen molar-refractivity contribution in [1.29, 1.82) is 0 Å². The number of hydrogen-bond acceptors (Lipinski definition) is 1. The average molecular weight is 189 g/mol. The minimum atomic E-state index is 0.625. The zero-order valence-electron chi connectivity index (χ0n) is 9.30. The molecule has 0 radical (unpaired) electrons. The van der Waals surface area contributed by atoms with Crippen LogP contribution in [0.25, 0.3) is 6.08 Å². The first-order valence-corrected chi connectivity index (χ1v) is 5.17. The molecular weight excluding hydrogens is 170 g/mol. The molecule has 0 amide bonds. The van der Waals surface area contributed by atoms with Crippen LogP contribution in [-0.2, 0) is 0 Å². The van der Waals surface area contributed by atoms with Crippen molar-refractivity contribution in [1.82, 2.24) is 0 Å². The number of rotatable bonds is 4. The van der Waals surface area contributed by atoms with Crippen LogP contribution in [0, 0.1) is 0 Å². The fourth-order valence-electron chi connectivity index (χ4n) is 1.52. The first kappa shape index (κ1) is 10.8. The summed E-state index contributed by atoms with van der Waals surface area (Å²) in [6.45, 7) is 8.29. The molecule has 0 bridgehead atoms. The Balaban J connectivity index is 3.07. The highest BCUT2D eigenvalue weighted by Gasteiger charge is 2.04. The van der Waals surface area contributed by atoms with Gasteiger partial charge in [-0.3, -0.25) is 0 Å². The molecule has 1 atom stereocenters. The van der Waals surface area contributed by atoms with Gasteiger partial charge in [0.2, 0.25) is 0 Å². The predicted molar refractivity (Wildman–Crippen MR) is 64.8 cm³/mol. The van der Waals surface area contributed by atoms with Gasteiger partial charge >= 0.3 is 0 Å². The van der Waals surface area contributed by atoms with Crippen molar-refractivity contribution >= 4 is 11.8 Å². The van der Waals surface area contributed by atoms with E-state index >= 15 is 0 Å². The van der Waals surface area contributed by atoms with Crippen LogP contribution < -0.4 is 5.32 Å². The van der Waals surface area contributed by atoms with Gasteiger partial charge in [0, 0.05) is 12.7 Å². The maximum atomic E-state index is 3.83. The average Bonchev–Trinajstić information content (AvgIpc) is 2.26. The molecule has 0 aromatic heterocycles. The summed E-state index contributed by atoms with van der Waals surface area (Å²) < 4.78 is 0. The van der Waals surface area contributed by atoms with E-state index in [0.717, 1.165) is 5.69 Å². The minimum Gasteiger partial charge on any atom is -0.388 e. The highest BCUT2D eigenvalue weighted by atomic mass is 14.8. The van der Waals surface area contributed by atoms with Gasteiger partial charge in [0.1, 0.15) is 0 Å². The van der Waals surface area contributed by atoms with Gasteiger partial charge in [0.25, 0.3) is 0 Å². The first-order chi connectivity index (χ1) is 6.72. The summed E-state index contributed by atoms with van der Waals surface area (Å²) in [7, 11) is 1.94. The molecule has 0 saturated carbocycles. The van der Waals surface area contributed by atoms with Crippen molar-refractivity contribution in [3.8, 4) is 0 Å². The largest absolute Gasteiger partial charge is 0.388 e. The van der Waals surface area contributed by atoms with Crippen LogP contribution in [0.4, 0.5) is 5.69 Å². The molecule has 76 valence electrons. The second-order valence-corrected chi connectivity index (χ2v) is 3.61. The summed E-state index contributed by atoms with van der Waals surface area (Å²) in [5.41, 5.74) is 3.72. The molecule has 1 heteroatoms. The molecule has 1 aromatic carbocycles. The Morgan fingerprint density at radius 3 is 2.71 bits per heavy atom. The smallest absolute Gasteiger partial charge is 0.0411 e. The summed E-state index contributed by atoms with van der Waals surface area (Å²) in [4.78, 5) is 0. The SMILES string of the molecule is C=Cc1cc(C(C)CC)ccc1NC. The predicted octanol–water partition coefficient (Wildman–Crippen LogP) is 3.88. The molecule has 1 rings (SSSR count). The van der Waals surface area contributed by atoms with E-state index < -0.39 is 0 Å². The van der Waals surface area contributed by atoms with E-state index in [0.29, 0.717) is 5.92 Å². The van der Waals surface area contributed by atoms with Gasteiger partial charge in [0.15, 0.2) is 0 Å². The number of anilines is 1. The van der Waals surface area contributed by atoms with Gasteiger partial charge in [-0.05, 0) is 35.6 Å². The Morgan fingerprint density at radius 2 is 2.21 bits per heavy atom. The third-order valence-electron chi connectivity index (χ3n) is 2.75.